The van der Waals surface area contributed by atoms with Crippen LogP contribution in [0.15, 0.2) is 6.07 Å². The number of aromatic nitrogens is 2. The van der Waals surface area contributed by atoms with Crippen LogP contribution in [0, 0.1) is 11.8 Å². The van der Waals surface area contributed by atoms with E-state index < -0.39 is 35.1 Å². The molecule has 10 heteroatoms. The molecule has 1 aromatic rings. The quantitative estimate of drug-likeness (QED) is 0.885. The van der Waals surface area contributed by atoms with E-state index in [1.807, 2.05) is 0 Å². The van der Waals surface area contributed by atoms with E-state index in [-0.39, 0.29) is 18.4 Å². The first-order valence-electron chi connectivity index (χ1n) is 7.04. The van der Waals surface area contributed by atoms with E-state index in [9.17, 15) is 23.1 Å². The fraction of sp³-hybridized carbons (Fsp3) is 0.615. The minimum atomic E-state index is -4.73. The third-order valence-corrected chi connectivity index (χ3v) is 4.52. The smallest absolute Gasteiger partial charge is 0.421 e. The van der Waals surface area contributed by atoms with Gasteiger partial charge in [0, 0.05) is 12.5 Å². The number of fused-ring (bicyclic) bond motifs is 1. The van der Waals surface area contributed by atoms with Crippen molar-refractivity contribution in [1.29, 1.82) is 0 Å². The lowest BCUT2D eigenvalue weighted by molar-refractivity contribution is -0.140. The lowest BCUT2D eigenvalue weighted by Gasteiger charge is -2.26. The zero-order chi connectivity index (χ0) is 16.8. The van der Waals surface area contributed by atoms with Gasteiger partial charge in [0.2, 0.25) is 5.88 Å². The molecule has 0 bridgehead atoms. The molecule has 0 aromatic carbocycles. The Balaban J connectivity index is 1.92. The Labute approximate surface area is 134 Å². The number of alkyl halides is 3. The van der Waals surface area contributed by atoms with Crippen LogP contribution >= 0.6 is 11.6 Å². The lowest BCUT2D eigenvalue weighted by atomic mass is 9.99. The van der Waals surface area contributed by atoms with Crippen molar-refractivity contribution in [1.82, 2.24) is 15.1 Å². The van der Waals surface area contributed by atoms with E-state index in [1.54, 1.807) is 0 Å². The number of rotatable bonds is 2. The van der Waals surface area contributed by atoms with Gasteiger partial charge in [-0.2, -0.15) is 13.2 Å². The zero-order valence-electron chi connectivity index (χ0n) is 11.8. The Kier molecular flexibility index (Phi) is 3.99. The van der Waals surface area contributed by atoms with Gasteiger partial charge in [-0.1, -0.05) is 18.0 Å². The number of ether oxygens (including phenoxy) is 1. The second kappa shape index (κ2) is 5.70. The highest BCUT2D eigenvalue weighted by molar-refractivity contribution is 6.29. The molecule has 0 radical (unpaired) electrons. The van der Waals surface area contributed by atoms with E-state index in [0.29, 0.717) is 12.5 Å². The highest BCUT2D eigenvalue weighted by Crippen LogP contribution is 2.44. The molecule has 1 amide bonds. The molecule has 6 nitrogen and oxygen atoms in total. The molecule has 1 aromatic heterocycles. The van der Waals surface area contributed by atoms with Gasteiger partial charge in [-0.25, -0.2) is 4.79 Å². The summed E-state index contributed by atoms with van der Waals surface area (Å²) in [5.74, 6) is -0.777. The first-order chi connectivity index (χ1) is 10.8. The maximum absolute atomic E-state index is 13.1. The molecule has 126 valence electrons. The minimum Gasteiger partial charge on any atom is -0.465 e. The second-order valence-corrected chi connectivity index (χ2v) is 6.07. The van der Waals surface area contributed by atoms with Crippen LogP contribution in [-0.2, 0) is 6.18 Å². The van der Waals surface area contributed by atoms with Gasteiger partial charge in [0.1, 0.15) is 5.56 Å². The largest absolute Gasteiger partial charge is 0.465 e. The van der Waals surface area contributed by atoms with Crippen molar-refractivity contribution >= 4 is 17.7 Å². The average Bonchev–Trinajstić information content (AvgIpc) is 3.02. The summed E-state index contributed by atoms with van der Waals surface area (Å²) in [6.45, 7) is 0.257. The van der Waals surface area contributed by atoms with E-state index in [4.69, 9.17) is 16.3 Å². The van der Waals surface area contributed by atoms with Crippen molar-refractivity contribution in [3.8, 4) is 5.88 Å². The summed E-state index contributed by atoms with van der Waals surface area (Å²) in [6.07, 6.45) is -4.48. The molecule has 1 aliphatic heterocycles. The van der Waals surface area contributed by atoms with Gasteiger partial charge in [-0.15, -0.1) is 10.2 Å². The van der Waals surface area contributed by atoms with Crippen molar-refractivity contribution in [2.24, 2.45) is 11.8 Å². The number of carbonyl (C=O) groups is 1. The molecule has 23 heavy (non-hydrogen) atoms. The predicted molar refractivity (Wildman–Crippen MR) is 72.0 cm³/mol. The first kappa shape index (κ1) is 16.1. The van der Waals surface area contributed by atoms with Crippen LogP contribution in [0.3, 0.4) is 0 Å². The monoisotopic (exact) mass is 351 g/mol. The van der Waals surface area contributed by atoms with Gasteiger partial charge in [0.05, 0.1) is 0 Å². The van der Waals surface area contributed by atoms with E-state index in [2.05, 4.69) is 10.2 Å². The summed E-state index contributed by atoms with van der Waals surface area (Å²) in [5.41, 5.74) is -1.16. The number of hydrogen-bond donors (Lipinski definition) is 1. The van der Waals surface area contributed by atoms with Crippen LogP contribution < -0.4 is 4.74 Å². The summed E-state index contributed by atoms with van der Waals surface area (Å²) >= 11 is 5.47. The minimum absolute atomic E-state index is 0.102. The Morgan fingerprint density at radius 1 is 1.39 bits per heavy atom. The van der Waals surface area contributed by atoms with Crippen LogP contribution in [0.25, 0.3) is 0 Å². The highest BCUT2D eigenvalue weighted by atomic mass is 35.5. The predicted octanol–water partition coefficient (Wildman–Crippen LogP) is 3.26. The molecule has 0 spiro atoms. The van der Waals surface area contributed by atoms with Crippen molar-refractivity contribution in [3.05, 3.63) is 16.8 Å². The Morgan fingerprint density at radius 2 is 2.13 bits per heavy atom. The molecular weight excluding hydrogens is 339 g/mol. The Bertz CT molecular complexity index is 628. The normalized spacial score (nSPS) is 27.1. The topological polar surface area (TPSA) is 75.5 Å². The van der Waals surface area contributed by atoms with Crippen LogP contribution in [0.5, 0.6) is 5.88 Å². The molecule has 3 unspecified atom stereocenters. The lowest BCUT2D eigenvalue weighted by Crippen LogP contribution is -2.41. The molecule has 3 rings (SSSR count). The molecule has 1 N–H and O–H groups in total. The summed E-state index contributed by atoms with van der Waals surface area (Å²) in [5, 5.41) is 15.6. The number of hydrogen-bond acceptors (Lipinski definition) is 4. The molecule has 2 fully saturated rings. The van der Waals surface area contributed by atoms with Gasteiger partial charge in [-0.05, 0) is 24.8 Å². The van der Waals surface area contributed by atoms with Gasteiger partial charge in [0.15, 0.2) is 11.4 Å². The number of nitrogens with zero attached hydrogens (tertiary/aromatic N) is 3. The maximum Gasteiger partial charge on any atom is 0.421 e. The fourth-order valence-electron chi connectivity index (χ4n) is 3.35. The van der Waals surface area contributed by atoms with Crippen LogP contribution in [0.1, 0.15) is 24.8 Å². The van der Waals surface area contributed by atoms with Crippen LogP contribution in [-0.4, -0.2) is 39.1 Å². The number of carboxylic acid groups (broad SMARTS) is 1. The summed E-state index contributed by atoms with van der Waals surface area (Å²) in [4.78, 5) is 12.4. The highest BCUT2D eigenvalue weighted by Gasteiger charge is 2.49. The van der Waals surface area contributed by atoms with Gasteiger partial charge < -0.3 is 9.84 Å². The Morgan fingerprint density at radius 3 is 2.78 bits per heavy atom. The number of amides is 1. The SMILES string of the molecule is O=C(O)N1CC2CCCC2C1Oc1nnc(Cl)cc1C(F)(F)F. The fourth-order valence-corrected chi connectivity index (χ4v) is 3.50. The van der Waals surface area contributed by atoms with Gasteiger partial charge in [-0.3, -0.25) is 4.90 Å². The third-order valence-electron chi connectivity index (χ3n) is 4.34. The van der Waals surface area contributed by atoms with Gasteiger partial charge >= 0.3 is 12.3 Å². The summed E-state index contributed by atoms with van der Waals surface area (Å²) in [6, 6.07) is 0.621. The first-order valence-corrected chi connectivity index (χ1v) is 7.42. The van der Waals surface area contributed by atoms with E-state index in [0.717, 1.165) is 17.7 Å². The molecule has 2 heterocycles. The van der Waals surface area contributed by atoms with Crippen LogP contribution in [0.4, 0.5) is 18.0 Å². The molecule has 2 aliphatic rings. The molecule has 1 saturated carbocycles. The molecule has 3 atom stereocenters. The molecule has 1 aliphatic carbocycles. The Hall–Kier alpha value is -1.77. The summed E-state index contributed by atoms with van der Waals surface area (Å²) in [7, 11) is 0. The van der Waals surface area contributed by atoms with E-state index >= 15 is 0 Å². The molecule has 1 saturated heterocycles. The average molecular weight is 352 g/mol. The van der Waals surface area contributed by atoms with Crippen molar-refractivity contribution in [2.45, 2.75) is 31.7 Å². The van der Waals surface area contributed by atoms with Crippen LogP contribution in [0.2, 0.25) is 5.15 Å². The third kappa shape index (κ3) is 3.01. The number of likely N-dealkylation sites (tertiary alicyclic amines) is 1. The second-order valence-electron chi connectivity index (χ2n) is 5.68. The zero-order valence-corrected chi connectivity index (χ0v) is 12.5. The maximum atomic E-state index is 13.1. The van der Waals surface area contributed by atoms with E-state index in [1.165, 1.54) is 0 Å². The molecular formula is C13H13ClF3N3O3. The van der Waals surface area contributed by atoms with Crippen molar-refractivity contribution < 1.29 is 27.8 Å². The number of halogens is 4. The standard InChI is InChI=1S/C13H13ClF3N3O3/c14-9-4-8(13(15,16)17)10(19-18-9)23-11-7-3-1-2-6(7)5-20(11)12(21)22/h4,6-7,11H,1-3,5H2,(H,21,22). The van der Waals surface area contributed by atoms with Gasteiger partial charge in [0.25, 0.3) is 0 Å². The van der Waals surface area contributed by atoms with Crippen molar-refractivity contribution in [3.63, 3.8) is 0 Å². The summed E-state index contributed by atoms with van der Waals surface area (Å²) < 4.78 is 44.6. The van der Waals surface area contributed by atoms with Crippen molar-refractivity contribution in [2.75, 3.05) is 6.54 Å².